The molecule has 0 aliphatic heterocycles. The maximum absolute atomic E-state index is 11.7. The van der Waals surface area contributed by atoms with E-state index in [9.17, 15) is 4.79 Å². The molecule has 104 valence electrons. The summed E-state index contributed by atoms with van der Waals surface area (Å²) in [6.45, 7) is 0.317. The van der Waals surface area contributed by atoms with E-state index in [1.807, 2.05) is 24.3 Å². The minimum absolute atomic E-state index is 0.317. The van der Waals surface area contributed by atoms with Gasteiger partial charge < -0.3 is 15.2 Å². The maximum atomic E-state index is 11.7. The third kappa shape index (κ3) is 3.30. The van der Waals surface area contributed by atoms with Crippen LogP contribution in [0.1, 0.15) is 15.9 Å². The number of hydrogen-bond donors (Lipinski definition) is 1. The first-order valence-electron chi connectivity index (χ1n) is 5.96. The van der Waals surface area contributed by atoms with E-state index in [4.69, 9.17) is 15.2 Å². The van der Waals surface area contributed by atoms with Crippen LogP contribution in [0.3, 0.4) is 0 Å². The first-order valence-corrected chi connectivity index (χ1v) is 6.75. The Morgan fingerprint density at radius 1 is 1.25 bits per heavy atom. The van der Waals surface area contributed by atoms with Gasteiger partial charge in [-0.1, -0.05) is 34.1 Å². The summed E-state index contributed by atoms with van der Waals surface area (Å²) in [6, 6.07) is 12.7. The highest BCUT2D eigenvalue weighted by Crippen LogP contribution is 2.28. The number of esters is 1. The van der Waals surface area contributed by atoms with Gasteiger partial charge in [0.15, 0.2) is 5.75 Å². The first kappa shape index (κ1) is 14.4. The summed E-state index contributed by atoms with van der Waals surface area (Å²) in [7, 11) is 1.32. The molecule has 0 aromatic heterocycles. The van der Waals surface area contributed by atoms with Gasteiger partial charge in [0.25, 0.3) is 0 Å². The first-order chi connectivity index (χ1) is 9.61. The number of carbonyl (C=O) groups excluding carboxylic acids is 1. The van der Waals surface area contributed by atoms with E-state index in [-0.39, 0.29) is 0 Å². The van der Waals surface area contributed by atoms with Crippen molar-refractivity contribution in [3.8, 4) is 5.75 Å². The van der Waals surface area contributed by atoms with Gasteiger partial charge in [-0.3, -0.25) is 0 Å². The number of para-hydroxylation sites is 1. The molecule has 0 aliphatic rings. The molecule has 0 aliphatic carbocycles. The smallest absolute Gasteiger partial charge is 0.341 e. The fourth-order valence-electron chi connectivity index (χ4n) is 1.77. The summed E-state index contributed by atoms with van der Waals surface area (Å²) < 4.78 is 11.4. The van der Waals surface area contributed by atoms with Crippen LogP contribution in [0.4, 0.5) is 5.69 Å². The molecule has 0 fully saturated rings. The van der Waals surface area contributed by atoms with E-state index in [1.54, 1.807) is 18.2 Å². The second kappa shape index (κ2) is 6.43. The molecule has 4 nitrogen and oxygen atoms in total. The maximum Gasteiger partial charge on any atom is 0.341 e. The van der Waals surface area contributed by atoms with E-state index in [0.717, 1.165) is 10.0 Å². The molecule has 0 unspecified atom stereocenters. The third-order valence-corrected chi connectivity index (χ3v) is 3.22. The molecule has 20 heavy (non-hydrogen) atoms. The number of hydrogen-bond acceptors (Lipinski definition) is 4. The van der Waals surface area contributed by atoms with Gasteiger partial charge in [-0.25, -0.2) is 4.79 Å². The fraction of sp³-hybridized carbons (Fsp3) is 0.133. The van der Waals surface area contributed by atoms with Crippen LogP contribution < -0.4 is 10.5 Å². The average Bonchev–Trinajstić information content (AvgIpc) is 2.45. The minimum atomic E-state index is -0.471. The van der Waals surface area contributed by atoms with Crippen LogP contribution in [-0.2, 0) is 11.3 Å². The van der Waals surface area contributed by atoms with Crippen LogP contribution in [-0.4, -0.2) is 13.1 Å². The third-order valence-electron chi connectivity index (χ3n) is 2.72. The summed E-state index contributed by atoms with van der Waals surface area (Å²) in [5, 5.41) is 0. The lowest BCUT2D eigenvalue weighted by atomic mass is 10.1. The van der Waals surface area contributed by atoms with Crippen molar-refractivity contribution in [1.82, 2.24) is 0 Å². The quantitative estimate of drug-likeness (QED) is 0.687. The summed E-state index contributed by atoms with van der Waals surface area (Å²) in [5.41, 5.74) is 7.56. The van der Waals surface area contributed by atoms with Crippen LogP contribution in [0, 0.1) is 0 Å². The van der Waals surface area contributed by atoms with E-state index < -0.39 is 5.97 Å². The molecule has 2 aromatic rings. The molecule has 0 bridgehead atoms. The average molecular weight is 336 g/mol. The van der Waals surface area contributed by atoms with E-state index >= 15 is 0 Å². The Labute approximate surface area is 125 Å². The lowest BCUT2D eigenvalue weighted by Crippen LogP contribution is -2.08. The van der Waals surface area contributed by atoms with Gasteiger partial charge in [-0.05, 0) is 29.8 Å². The van der Waals surface area contributed by atoms with Crippen molar-refractivity contribution in [1.29, 1.82) is 0 Å². The zero-order valence-corrected chi connectivity index (χ0v) is 12.5. The number of methoxy groups -OCH3 is 1. The molecule has 0 heterocycles. The number of carbonyl (C=O) groups is 1. The van der Waals surface area contributed by atoms with Crippen LogP contribution in [0.15, 0.2) is 46.9 Å². The van der Waals surface area contributed by atoms with Gasteiger partial charge in [0.2, 0.25) is 0 Å². The number of halogens is 1. The Bertz CT molecular complexity index is 628. The lowest BCUT2D eigenvalue weighted by molar-refractivity contribution is 0.0595. The molecule has 2 rings (SSSR count). The summed E-state index contributed by atoms with van der Waals surface area (Å²) in [4.78, 5) is 11.7. The highest BCUT2D eigenvalue weighted by atomic mass is 79.9. The highest BCUT2D eigenvalue weighted by Gasteiger charge is 2.15. The Morgan fingerprint density at radius 3 is 2.70 bits per heavy atom. The molecule has 0 radical (unpaired) electrons. The van der Waals surface area contributed by atoms with Crippen LogP contribution in [0.25, 0.3) is 0 Å². The number of rotatable bonds is 4. The Kier molecular flexibility index (Phi) is 4.63. The van der Waals surface area contributed by atoms with Crippen LogP contribution >= 0.6 is 15.9 Å². The molecular formula is C15H14BrNO3. The highest BCUT2D eigenvalue weighted by molar-refractivity contribution is 9.10. The molecule has 2 N–H and O–H groups in total. The van der Waals surface area contributed by atoms with Crippen molar-refractivity contribution in [2.45, 2.75) is 6.61 Å². The summed E-state index contributed by atoms with van der Waals surface area (Å²) in [5.74, 6) is -0.124. The summed E-state index contributed by atoms with van der Waals surface area (Å²) in [6.07, 6.45) is 0. The second-order valence-corrected chi connectivity index (χ2v) is 5.05. The standard InChI is InChI=1S/C15H14BrNO3/c1-19-15(18)12-6-3-7-13(17)14(12)20-9-10-4-2-5-11(16)8-10/h2-8H,9,17H2,1H3. The largest absolute Gasteiger partial charge is 0.486 e. The normalized spacial score (nSPS) is 10.1. The van der Waals surface area contributed by atoms with Crippen LogP contribution in [0.5, 0.6) is 5.75 Å². The van der Waals surface area contributed by atoms with E-state index in [0.29, 0.717) is 23.6 Å². The number of ether oxygens (including phenoxy) is 2. The molecule has 0 amide bonds. The Morgan fingerprint density at radius 2 is 2.00 bits per heavy atom. The second-order valence-electron chi connectivity index (χ2n) is 4.13. The van der Waals surface area contributed by atoms with Crippen LogP contribution in [0.2, 0.25) is 0 Å². The lowest BCUT2D eigenvalue weighted by Gasteiger charge is -2.12. The molecule has 0 atom stereocenters. The van der Waals surface area contributed by atoms with Crippen molar-refractivity contribution >= 4 is 27.6 Å². The van der Waals surface area contributed by atoms with Crippen molar-refractivity contribution in [3.63, 3.8) is 0 Å². The number of anilines is 1. The van der Waals surface area contributed by atoms with Gasteiger partial charge in [0.05, 0.1) is 12.8 Å². The zero-order chi connectivity index (χ0) is 14.5. The van der Waals surface area contributed by atoms with Crippen molar-refractivity contribution in [2.75, 3.05) is 12.8 Å². The van der Waals surface area contributed by atoms with Crippen molar-refractivity contribution in [3.05, 3.63) is 58.1 Å². The number of nitrogen functional groups attached to an aromatic ring is 1. The number of benzene rings is 2. The molecule has 5 heteroatoms. The van der Waals surface area contributed by atoms with Gasteiger partial charge in [-0.15, -0.1) is 0 Å². The molecule has 2 aromatic carbocycles. The van der Waals surface area contributed by atoms with Gasteiger partial charge in [0.1, 0.15) is 12.2 Å². The predicted molar refractivity (Wildman–Crippen MR) is 80.7 cm³/mol. The molecular weight excluding hydrogens is 322 g/mol. The van der Waals surface area contributed by atoms with E-state index in [1.165, 1.54) is 7.11 Å². The number of nitrogens with two attached hydrogens (primary N) is 1. The molecule has 0 saturated heterocycles. The minimum Gasteiger partial charge on any atom is -0.486 e. The van der Waals surface area contributed by atoms with Crippen molar-refractivity contribution in [2.24, 2.45) is 0 Å². The molecule has 0 saturated carbocycles. The monoisotopic (exact) mass is 335 g/mol. The topological polar surface area (TPSA) is 61.5 Å². The Hall–Kier alpha value is -2.01. The fourth-order valence-corrected chi connectivity index (χ4v) is 2.22. The van der Waals surface area contributed by atoms with Crippen molar-refractivity contribution < 1.29 is 14.3 Å². The van der Waals surface area contributed by atoms with Gasteiger partial charge in [-0.2, -0.15) is 0 Å². The van der Waals surface area contributed by atoms with Gasteiger partial charge in [0, 0.05) is 4.47 Å². The predicted octanol–water partition coefficient (Wildman–Crippen LogP) is 3.40. The molecule has 0 spiro atoms. The summed E-state index contributed by atoms with van der Waals surface area (Å²) >= 11 is 3.40. The Balaban J connectivity index is 2.23. The zero-order valence-electron chi connectivity index (χ0n) is 10.9. The van der Waals surface area contributed by atoms with E-state index in [2.05, 4.69) is 15.9 Å². The van der Waals surface area contributed by atoms with Gasteiger partial charge >= 0.3 is 5.97 Å². The SMILES string of the molecule is COC(=O)c1cccc(N)c1OCc1cccc(Br)c1.